The van der Waals surface area contributed by atoms with Gasteiger partial charge in [0.15, 0.2) is 0 Å². The topological polar surface area (TPSA) is 112 Å². The van der Waals surface area contributed by atoms with E-state index in [0.29, 0.717) is 30.6 Å². The summed E-state index contributed by atoms with van der Waals surface area (Å²) in [7, 11) is -1.53. The predicted octanol–water partition coefficient (Wildman–Crippen LogP) is 5.13. The number of fused-ring (bicyclic) bond motifs is 5. The van der Waals surface area contributed by atoms with Gasteiger partial charge < -0.3 is 24.4 Å². The second kappa shape index (κ2) is 16.4. The molecule has 1 spiro atoms. The summed E-state index contributed by atoms with van der Waals surface area (Å²) in [6.07, 6.45) is 9.28. The van der Waals surface area contributed by atoms with Gasteiger partial charge in [-0.2, -0.15) is 0 Å². The number of carbonyl (C=O) groups excluding carboxylic acids is 2. The van der Waals surface area contributed by atoms with Crippen molar-refractivity contribution in [1.29, 1.82) is 0 Å². The van der Waals surface area contributed by atoms with Crippen molar-refractivity contribution in [2.24, 2.45) is 17.8 Å². The van der Waals surface area contributed by atoms with Crippen LogP contribution in [0.1, 0.15) is 74.4 Å². The number of piperazine rings is 1. The highest BCUT2D eigenvalue weighted by Gasteiger charge is 2.44. The molecule has 53 heavy (non-hydrogen) atoms. The molecule has 2 aliphatic carbocycles. The van der Waals surface area contributed by atoms with Gasteiger partial charge in [-0.15, -0.1) is 0 Å². The summed E-state index contributed by atoms with van der Waals surface area (Å²) in [6, 6.07) is 12.2. The lowest BCUT2D eigenvalue weighted by Crippen LogP contribution is -2.58. The number of rotatable bonds is 0. The van der Waals surface area contributed by atoms with E-state index in [1.165, 1.54) is 11.1 Å². The first-order valence-corrected chi connectivity index (χ1v) is 21.0. The first-order chi connectivity index (χ1) is 25.5. The van der Waals surface area contributed by atoms with Crippen LogP contribution >= 0.6 is 11.6 Å². The quantitative estimate of drug-likeness (QED) is 0.356. The van der Waals surface area contributed by atoms with Crippen LogP contribution in [0.15, 0.2) is 48.6 Å². The van der Waals surface area contributed by atoms with Gasteiger partial charge in [-0.1, -0.05) is 36.7 Å². The first kappa shape index (κ1) is 38.3. The minimum atomic E-state index is -1.53. The second-order valence-electron chi connectivity index (χ2n) is 16.1. The van der Waals surface area contributed by atoms with Crippen molar-refractivity contribution < 1.29 is 28.4 Å². The third-order valence-electron chi connectivity index (χ3n) is 12.7. The van der Waals surface area contributed by atoms with Crippen LogP contribution in [0.5, 0.6) is 5.75 Å². The fraction of sp³-hybridized carbons (Fsp3) is 0.610. The van der Waals surface area contributed by atoms with E-state index in [1.807, 2.05) is 49.1 Å². The lowest BCUT2D eigenvalue weighted by atomic mass is 9.68. The molecule has 2 aromatic rings. The van der Waals surface area contributed by atoms with Crippen LogP contribution in [-0.4, -0.2) is 107 Å². The van der Waals surface area contributed by atoms with Gasteiger partial charge in [0.25, 0.3) is 5.91 Å². The highest BCUT2D eigenvalue weighted by atomic mass is 35.5. The largest absolute Gasteiger partial charge is 0.490 e. The number of hydrogen-bond acceptors (Lipinski definition) is 8. The molecule has 8 atom stereocenters. The van der Waals surface area contributed by atoms with Gasteiger partial charge in [0, 0.05) is 62.2 Å². The van der Waals surface area contributed by atoms with Crippen LogP contribution in [0, 0.1) is 17.8 Å². The number of anilines is 1. The van der Waals surface area contributed by atoms with Crippen molar-refractivity contribution in [2.75, 3.05) is 64.0 Å². The molecule has 288 valence electrons. The molecule has 2 aromatic carbocycles. The second-order valence-corrected chi connectivity index (χ2v) is 18.1. The molecule has 7 unspecified atom stereocenters. The maximum absolute atomic E-state index is 13.3. The average Bonchev–Trinajstić information content (AvgIpc) is 3.29. The number of aliphatic hydroxyl groups is 1. The Labute approximate surface area is 321 Å². The number of nitrogens with zero attached hydrogens (tertiary/aromatic N) is 3. The van der Waals surface area contributed by atoms with E-state index in [9.17, 15) is 18.9 Å². The number of benzene rings is 2. The molecule has 6 aliphatic rings. The average molecular weight is 767 g/mol. The summed E-state index contributed by atoms with van der Waals surface area (Å²) in [5.41, 5.74) is 3.75. The van der Waals surface area contributed by atoms with E-state index < -0.39 is 17.1 Å². The number of halogens is 1. The summed E-state index contributed by atoms with van der Waals surface area (Å²) < 4.78 is 27.7. The Hall–Kier alpha value is -2.96. The fourth-order valence-corrected chi connectivity index (χ4v) is 10.3. The van der Waals surface area contributed by atoms with Crippen molar-refractivity contribution in [3.63, 3.8) is 0 Å². The zero-order valence-corrected chi connectivity index (χ0v) is 32.9. The van der Waals surface area contributed by atoms with Crippen LogP contribution in [0.3, 0.4) is 0 Å². The molecule has 2 bridgehead atoms. The molecule has 2 N–H and O–H groups in total. The van der Waals surface area contributed by atoms with Gasteiger partial charge >= 0.3 is 0 Å². The highest BCUT2D eigenvalue weighted by Crippen LogP contribution is 2.46. The van der Waals surface area contributed by atoms with Crippen molar-refractivity contribution >= 4 is 40.1 Å². The molecule has 2 saturated heterocycles. The molecular formula is C41H55ClN4O6S. The Kier molecular flexibility index (Phi) is 11.9. The zero-order chi connectivity index (χ0) is 37.3. The Bertz CT molecular complexity index is 1720. The molecule has 0 aromatic heterocycles. The standard InChI is InChI=1S/C32H39ClN2O4S.C9H16N2O2/c1-20-5-3-7-29(36)26-11-8-24(26)17-35-18-32(14-4-6-22-15-25(33)10-12-27(22)32)19-39-30-13-9-23(16-28(30)35)31(37)34-40(38)21(20)2;1-8(12)11-3-2-10-4-5-13-7-9(10)6-11/h3,7,9-10,12-13,15-16,20-21,24,26,29,36H,4-6,8,11,14,17-19H2,1-2H3,(H,34,37);9H,2-7H2,1H3/b7-3+;/t20?,21?,24?,26?,29?,32-,40?;/m0./s1. The van der Waals surface area contributed by atoms with Gasteiger partial charge in [-0.3, -0.25) is 19.2 Å². The Morgan fingerprint density at radius 3 is 2.74 bits per heavy atom. The molecule has 3 fully saturated rings. The third kappa shape index (κ3) is 8.34. The maximum Gasteiger partial charge on any atom is 0.263 e. The van der Waals surface area contributed by atoms with Crippen molar-refractivity contribution in [1.82, 2.24) is 14.5 Å². The van der Waals surface area contributed by atoms with Crippen LogP contribution in [-0.2, 0) is 32.4 Å². The monoisotopic (exact) mass is 766 g/mol. The number of morpholine rings is 1. The fourth-order valence-electron chi connectivity index (χ4n) is 9.06. The van der Waals surface area contributed by atoms with Gasteiger partial charge in [-0.05, 0) is 105 Å². The Morgan fingerprint density at radius 2 is 1.94 bits per heavy atom. The molecule has 0 radical (unpaired) electrons. The number of nitrogens with one attached hydrogen (secondary N) is 1. The van der Waals surface area contributed by atoms with E-state index in [-0.39, 0.29) is 34.3 Å². The number of carbonyl (C=O) groups is 2. The number of ether oxygens (including phenoxy) is 2. The summed E-state index contributed by atoms with van der Waals surface area (Å²) in [6.45, 7) is 13.0. The van der Waals surface area contributed by atoms with E-state index in [2.05, 4.69) is 26.7 Å². The molecule has 10 nitrogen and oxygen atoms in total. The first-order valence-electron chi connectivity index (χ1n) is 19.5. The Balaban J connectivity index is 0.000000281. The van der Waals surface area contributed by atoms with Gasteiger partial charge in [0.1, 0.15) is 16.7 Å². The summed E-state index contributed by atoms with van der Waals surface area (Å²) >= 11 is 6.39. The summed E-state index contributed by atoms with van der Waals surface area (Å²) in [5, 5.41) is 11.6. The molecule has 12 heteroatoms. The number of hydrogen-bond donors (Lipinski definition) is 2. The van der Waals surface area contributed by atoms with E-state index in [4.69, 9.17) is 21.1 Å². The summed E-state index contributed by atoms with van der Waals surface area (Å²) in [4.78, 5) is 31.1. The third-order valence-corrected chi connectivity index (χ3v) is 14.5. The minimum Gasteiger partial charge on any atom is -0.490 e. The van der Waals surface area contributed by atoms with E-state index in [0.717, 1.165) is 101 Å². The molecule has 4 heterocycles. The zero-order valence-electron chi connectivity index (χ0n) is 31.3. The van der Waals surface area contributed by atoms with Gasteiger partial charge in [0.2, 0.25) is 5.91 Å². The van der Waals surface area contributed by atoms with Crippen molar-refractivity contribution in [3.8, 4) is 5.75 Å². The van der Waals surface area contributed by atoms with Crippen molar-refractivity contribution in [3.05, 3.63) is 70.3 Å². The normalized spacial score (nSPS) is 33.7. The smallest absolute Gasteiger partial charge is 0.263 e. The Morgan fingerprint density at radius 1 is 1.09 bits per heavy atom. The minimum absolute atomic E-state index is 0.0926. The lowest BCUT2D eigenvalue weighted by Gasteiger charge is -2.45. The molecule has 2 amide bonds. The lowest BCUT2D eigenvalue weighted by molar-refractivity contribution is -0.134. The van der Waals surface area contributed by atoms with E-state index >= 15 is 0 Å². The summed E-state index contributed by atoms with van der Waals surface area (Å²) in [5.74, 6) is 1.23. The molecular weight excluding hydrogens is 712 g/mol. The molecule has 8 rings (SSSR count). The van der Waals surface area contributed by atoms with Crippen LogP contribution in [0.4, 0.5) is 5.69 Å². The maximum atomic E-state index is 13.3. The van der Waals surface area contributed by atoms with Gasteiger partial charge in [0.05, 0.1) is 42.9 Å². The number of amides is 2. The van der Waals surface area contributed by atoms with E-state index in [1.54, 1.807) is 13.0 Å². The SMILES string of the molecule is CC(=O)N1CCN2CCOCC2C1.CC1C/C=C/C(O)C2CCC2CN2C[C@@]3(CCCc4cc(Cl)ccc43)COc3ccc(cc32)C(=O)NS(=O)C1C. The molecule has 1 saturated carbocycles. The highest BCUT2D eigenvalue weighted by molar-refractivity contribution is 7.84. The van der Waals surface area contributed by atoms with Crippen LogP contribution < -0.4 is 14.4 Å². The number of aliphatic hydroxyl groups excluding tert-OH is 1. The van der Waals surface area contributed by atoms with Crippen LogP contribution in [0.2, 0.25) is 5.02 Å². The number of allylic oxidation sites excluding steroid dienone is 1. The van der Waals surface area contributed by atoms with Crippen molar-refractivity contribution in [2.45, 2.75) is 82.1 Å². The van der Waals surface area contributed by atoms with Crippen LogP contribution in [0.25, 0.3) is 0 Å². The predicted molar refractivity (Wildman–Crippen MR) is 209 cm³/mol. The molecule has 4 aliphatic heterocycles. The van der Waals surface area contributed by atoms with Gasteiger partial charge in [-0.25, -0.2) is 4.21 Å². The number of aryl methyl sites for hydroxylation is 1.